The first-order valence-electron chi connectivity index (χ1n) is 8.46. The van der Waals surface area contributed by atoms with E-state index in [9.17, 15) is 4.79 Å². The van der Waals surface area contributed by atoms with E-state index in [0.717, 1.165) is 30.6 Å². The van der Waals surface area contributed by atoms with Crippen LogP contribution in [0.5, 0.6) is 0 Å². The van der Waals surface area contributed by atoms with Gasteiger partial charge >= 0.3 is 0 Å². The van der Waals surface area contributed by atoms with E-state index in [1.807, 2.05) is 53.6 Å². The van der Waals surface area contributed by atoms with Gasteiger partial charge in [-0.2, -0.15) is 0 Å². The number of carbonyl (C=O) groups is 1. The number of likely N-dealkylation sites (tertiary alicyclic amines) is 1. The molecule has 1 aliphatic rings. The molecule has 1 unspecified atom stereocenters. The molecule has 1 fully saturated rings. The van der Waals surface area contributed by atoms with Crippen molar-refractivity contribution in [3.8, 4) is 0 Å². The Morgan fingerprint density at radius 2 is 1.96 bits per heavy atom. The highest BCUT2D eigenvalue weighted by molar-refractivity contribution is 5.85. The van der Waals surface area contributed by atoms with Crippen LogP contribution < -0.4 is 10.6 Å². The van der Waals surface area contributed by atoms with Gasteiger partial charge in [0, 0.05) is 43.8 Å². The van der Waals surface area contributed by atoms with E-state index < -0.39 is 0 Å². The van der Waals surface area contributed by atoms with E-state index in [1.54, 1.807) is 6.20 Å². The predicted molar refractivity (Wildman–Crippen MR) is 110 cm³/mol. The van der Waals surface area contributed by atoms with E-state index in [2.05, 4.69) is 9.88 Å². The van der Waals surface area contributed by atoms with E-state index in [0.29, 0.717) is 19.6 Å². The van der Waals surface area contributed by atoms with Crippen LogP contribution in [0.4, 0.5) is 5.69 Å². The molecule has 142 valence electrons. The quantitative estimate of drug-likeness (QED) is 0.814. The summed E-state index contributed by atoms with van der Waals surface area (Å²) in [6.45, 7) is 2.37. The fourth-order valence-electron chi connectivity index (χ4n) is 3.25. The second kappa shape index (κ2) is 11.0. The molecule has 2 heterocycles. The second-order valence-electron chi connectivity index (χ2n) is 6.17. The molecule has 1 aromatic carbocycles. The summed E-state index contributed by atoms with van der Waals surface area (Å²) in [5.74, 6) is 0.149. The summed E-state index contributed by atoms with van der Waals surface area (Å²) >= 11 is 0. The van der Waals surface area contributed by atoms with E-state index in [-0.39, 0.29) is 36.8 Å². The molecule has 0 saturated carbocycles. The zero-order valence-electron chi connectivity index (χ0n) is 14.7. The number of pyridine rings is 1. The number of aromatic nitrogens is 1. The lowest BCUT2D eigenvalue weighted by atomic mass is 10.2. The molecule has 1 atom stereocenters. The second-order valence-corrected chi connectivity index (χ2v) is 6.17. The van der Waals surface area contributed by atoms with Crippen molar-refractivity contribution in [2.75, 3.05) is 24.5 Å². The van der Waals surface area contributed by atoms with Crippen molar-refractivity contribution in [1.29, 1.82) is 0 Å². The van der Waals surface area contributed by atoms with Gasteiger partial charge in [-0.3, -0.25) is 9.78 Å². The monoisotopic (exact) mass is 396 g/mol. The summed E-state index contributed by atoms with van der Waals surface area (Å²) in [7, 11) is 0. The first kappa shape index (κ1) is 22.2. The van der Waals surface area contributed by atoms with Crippen molar-refractivity contribution < 1.29 is 4.79 Å². The van der Waals surface area contributed by atoms with Gasteiger partial charge in [0.25, 0.3) is 0 Å². The van der Waals surface area contributed by atoms with Gasteiger partial charge in [-0.25, -0.2) is 0 Å². The van der Waals surface area contributed by atoms with Crippen LogP contribution in [0.3, 0.4) is 0 Å². The van der Waals surface area contributed by atoms with Crippen LogP contribution in [0.25, 0.3) is 0 Å². The molecule has 1 aliphatic heterocycles. The van der Waals surface area contributed by atoms with Crippen molar-refractivity contribution in [2.45, 2.75) is 25.4 Å². The van der Waals surface area contributed by atoms with Gasteiger partial charge in [0.15, 0.2) is 0 Å². The molecule has 5 nitrogen and oxygen atoms in total. The Labute approximate surface area is 167 Å². The minimum absolute atomic E-state index is 0. The summed E-state index contributed by atoms with van der Waals surface area (Å²) in [5, 5.41) is 0. The smallest absolute Gasteiger partial charge is 0.242 e. The summed E-state index contributed by atoms with van der Waals surface area (Å²) in [6.07, 6.45) is 5.66. The summed E-state index contributed by atoms with van der Waals surface area (Å²) in [5.41, 5.74) is 7.94. The highest BCUT2D eigenvalue weighted by Crippen LogP contribution is 2.20. The molecule has 0 spiro atoms. The maximum Gasteiger partial charge on any atom is 0.242 e. The number of hydrogen-bond acceptors (Lipinski definition) is 4. The van der Waals surface area contributed by atoms with Crippen LogP contribution >= 0.6 is 24.8 Å². The molecular formula is C19H26Cl2N4O. The van der Waals surface area contributed by atoms with Gasteiger partial charge in [-0.15, -0.1) is 24.8 Å². The average molecular weight is 397 g/mol. The first-order chi connectivity index (χ1) is 11.8. The number of halogens is 2. The number of hydrogen-bond donors (Lipinski definition) is 1. The number of carbonyl (C=O) groups excluding carboxylic acids is 1. The topological polar surface area (TPSA) is 62.5 Å². The average Bonchev–Trinajstić information content (AvgIpc) is 3.12. The molecule has 2 N–H and O–H groups in total. The van der Waals surface area contributed by atoms with Gasteiger partial charge < -0.3 is 15.5 Å². The maximum absolute atomic E-state index is 12.8. The molecule has 1 saturated heterocycles. The number of nitrogens with two attached hydrogens (primary N) is 1. The number of para-hydroxylation sites is 1. The van der Waals surface area contributed by atoms with E-state index in [4.69, 9.17) is 5.73 Å². The van der Waals surface area contributed by atoms with Crippen molar-refractivity contribution in [1.82, 2.24) is 9.88 Å². The molecule has 3 rings (SSSR count). The number of anilines is 1. The Morgan fingerprint density at radius 3 is 2.62 bits per heavy atom. The van der Waals surface area contributed by atoms with Crippen LogP contribution in [-0.4, -0.2) is 41.5 Å². The number of amides is 1. The number of rotatable bonds is 6. The highest BCUT2D eigenvalue weighted by Gasteiger charge is 2.28. The van der Waals surface area contributed by atoms with E-state index in [1.165, 1.54) is 0 Å². The molecular weight excluding hydrogens is 371 g/mol. The standard InChI is InChI=1S/C19H24N4O.2ClH/c20-12-18-9-5-11-23(18)19(24)15-22(17-7-2-1-3-8-17)14-16-6-4-10-21-13-16;;/h1-4,6-8,10,13,18H,5,9,11-12,14-15,20H2;2*1H. The summed E-state index contributed by atoms with van der Waals surface area (Å²) in [6, 6.07) is 14.2. The van der Waals surface area contributed by atoms with Crippen molar-refractivity contribution in [3.63, 3.8) is 0 Å². The van der Waals surface area contributed by atoms with Gasteiger partial charge in [-0.05, 0) is 36.6 Å². The zero-order valence-corrected chi connectivity index (χ0v) is 16.3. The summed E-state index contributed by atoms with van der Waals surface area (Å²) < 4.78 is 0. The number of benzene rings is 1. The van der Waals surface area contributed by atoms with Crippen LogP contribution in [0.2, 0.25) is 0 Å². The lowest BCUT2D eigenvalue weighted by Gasteiger charge is -2.29. The Kier molecular flexibility index (Phi) is 9.41. The van der Waals surface area contributed by atoms with Gasteiger partial charge in [-0.1, -0.05) is 24.3 Å². The van der Waals surface area contributed by atoms with Crippen molar-refractivity contribution >= 4 is 36.4 Å². The Balaban J connectivity index is 0.00000169. The third-order valence-corrected chi connectivity index (χ3v) is 4.51. The maximum atomic E-state index is 12.8. The number of nitrogens with zero attached hydrogens (tertiary/aromatic N) is 3. The SMILES string of the molecule is Cl.Cl.NCC1CCCN1C(=O)CN(Cc1cccnc1)c1ccccc1. The lowest BCUT2D eigenvalue weighted by Crippen LogP contribution is -2.45. The first-order valence-corrected chi connectivity index (χ1v) is 8.46. The Morgan fingerprint density at radius 1 is 1.19 bits per heavy atom. The minimum atomic E-state index is 0. The highest BCUT2D eigenvalue weighted by atomic mass is 35.5. The molecule has 0 radical (unpaired) electrons. The lowest BCUT2D eigenvalue weighted by molar-refractivity contribution is -0.130. The molecule has 7 heteroatoms. The van der Waals surface area contributed by atoms with Crippen LogP contribution in [-0.2, 0) is 11.3 Å². The third kappa shape index (κ3) is 5.59. The molecule has 1 aromatic heterocycles. The minimum Gasteiger partial charge on any atom is -0.358 e. The third-order valence-electron chi connectivity index (χ3n) is 4.51. The van der Waals surface area contributed by atoms with Crippen LogP contribution in [0.1, 0.15) is 18.4 Å². The van der Waals surface area contributed by atoms with Gasteiger partial charge in [0.1, 0.15) is 0 Å². The van der Waals surface area contributed by atoms with Gasteiger partial charge in [0.2, 0.25) is 5.91 Å². The van der Waals surface area contributed by atoms with Crippen LogP contribution in [0, 0.1) is 0 Å². The largest absolute Gasteiger partial charge is 0.358 e. The molecule has 0 bridgehead atoms. The Bertz CT molecular complexity index is 657. The predicted octanol–water partition coefficient (Wildman–Crippen LogP) is 2.88. The van der Waals surface area contributed by atoms with Crippen molar-refractivity contribution in [3.05, 3.63) is 60.4 Å². The zero-order chi connectivity index (χ0) is 16.8. The Hall–Kier alpha value is -1.82. The molecule has 2 aromatic rings. The fraction of sp³-hybridized carbons (Fsp3) is 0.368. The fourth-order valence-corrected chi connectivity index (χ4v) is 3.25. The van der Waals surface area contributed by atoms with E-state index >= 15 is 0 Å². The van der Waals surface area contributed by atoms with Gasteiger partial charge in [0.05, 0.1) is 6.54 Å². The molecule has 1 amide bonds. The summed E-state index contributed by atoms with van der Waals surface area (Å²) in [4.78, 5) is 21.0. The van der Waals surface area contributed by atoms with Crippen molar-refractivity contribution in [2.24, 2.45) is 5.73 Å². The molecule has 0 aliphatic carbocycles. The van der Waals surface area contributed by atoms with Crippen LogP contribution in [0.15, 0.2) is 54.9 Å². The molecule has 26 heavy (non-hydrogen) atoms. The normalized spacial score (nSPS) is 15.7.